The second kappa shape index (κ2) is 39.2. The Kier molecular flexibility index (Phi) is 27.8. The third-order valence-corrected chi connectivity index (χ3v) is 22.0. The van der Waals surface area contributed by atoms with E-state index < -0.39 is 23.9 Å². The number of fused-ring (bicyclic) bond motifs is 20. The lowest BCUT2D eigenvalue weighted by Gasteiger charge is -2.28. The van der Waals surface area contributed by atoms with Crippen molar-refractivity contribution in [1.82, 2.24) is 0 Å². The van der Waals surface area contributed by atoms with Gasteiger partial charge >= 0.3 is 23.9 Å². The van der Waals surface area contributed by atoms with E-state index in [2.05, 4.69) is 216 Å². The van der Waals surface area contributed by atoms with E-state index in [-0.39, 0.29) is 105 Å². The fourth-order valence-electron chi connectivity index (χ4n) is 16.6. The maximum absolute atomic E-state index is 13.2. The van der Waals surface area contributed by atoms with Crippen LogP contribution in [-0.2, 0) is 35.3 Å². The van der Waals surface area contributed by atoms with E-state index in [1.807, 2.05) is 12.1 Å². The number of hydrogen-bond donors (Lipinski definition) is 6. The van der Waals surface area contributed by atoms with Gasteiger partial charge in [0.2, 0.25) is 0 Å². The molecule has 123 heavy (non-hydrogen) atoms. The highest BCUT2D eigenvalue weighted by atomic mass is 16.5. The Morgan fingerprint density at radius 2 is 0.569 bits per heavy atom. The van der Waals surface area contributed by atoms with E-state index in [1.165, 1.54) is 116 Å². The van der Waals surface area contributed by atoms with Crippen molar-refractivity contribution in [2.45, 2.75) is 98.8 Å². The number of anilines is 4. The van der Waals surface area contributed by atoms with Crippen molar-refractivity contribution in [3.05, 3.63) is 380 Å². The fourth-order valence-corrected chi connectivity index (χ4v) is 16.6. The van der Waals surface area contributed by atoms with E-state index in [0.29, 0.717) is 36.1 Å². The number of ether oxygens (including phenoxy) is 2. The first-order valence-electron chi connectivity index (χ1n) is 39.5. The Balaban J connectivity index is 0.000000139. The minimum atomic E-state index is -1.11. The summed E-state index contributed by atoms with van der Waals surface area (Å²) in [7, 11) is 0. The number of phenols is 2. The number of nitrogens with two attached hydrogens (primary N) is 2. The summed E-state index contributed by atoms with van der Waals surface area (Å²) in [6.07, 6.45) is 3.98. The fraction of sp³-hybridized carbons (Fsp3) is 0.188. The maximum Gasteiger partial charge on any atom is 0.339 e. The van der Waals surface area contributed by atoms with E-state index in [4.69, 9.17) is 41.5 Å². The molecule has 8 heterocycles. The number of carboxylic acid groups (broad SMARTS) is 2. The Morgan fingerprint density at radius 3 is 0.902 bits per heavy atom. The summed E-state index contributed by atoms with van der Waals surface area (Å²) in [5.74, 6) is -0.486. The van der Waals surface area contributed by atoms with Crippen molar-refractivity contribution in [1.29, 1.82) is 0 Å². The molecule has 20 rings (SSSR count). The summed E-state index contributed by atoms with van der Waals surface area (Å²) in [4.78, 5) is 96.2. The number of ketones is 2. The second-order valence-electron chi connectivity index (χ2n) is 29.5. The third-order valence-electron chi connectivity index (χ3n) is 22.0. The average Bonchev–Trinajstić information content (AvgIpc) is 1.63. The van der Waals surface area contributed by atoms with Crippen LogP contribution in [0.1, 0.15) is 181 Å². The van der Waals surface area contributed by atoms with Gasteiger partial charge in [-0.2, -0.15) is 0 Å². The number of esters is 2. The van der Waals surface area contributed by atoms with Crippen molar-refractivity contribution in [3.8, 4) is 23.0 Å². The number of nitrogens with zero attached hydrogens (tertiary/aromatic N) is 8. The molecular formula is C101H98N10O12. The third kappa shape index (κ3) is 19.0. The van der Waals surface area contributed by atoms with Gasteiger partial charge in [-0.3, -0.25) is 39.1 Å². The van der Waals surface area contributed by atoms with Crippen LogP contribution < -0.4 is 40.5 Å². The number of hydrogen-bond acceptors (Lipinski definition) is 20. The number of carboxylic acids is 2. The molecule has 8 N–H and O–H groups in total. The molecule has 0 bridgehead atoms. The number of para-hydroxylation sites is 8. The molecule has 12 aromatic carbocycles. The van der Waals surface area contributed by atoms with Gasteiger partial charge in [0.1, 0.15) is 45.8 Å². The van der Waals surface area contributed by atoms with Gasteiger partial charge in [-0.05, 0) is 165 Å². The molecule has 0 fully saturated rings. The van der Waals surface area contributed by atoms with Crippen LogP contribution in [0, 0.1) is 0 Å². The standard InChI is InChI=1S/C26H22N2O3.C24H20N2O2.2C16H15N3.C9H8O4.C7H6O3.3CH4/c1-17(29)31-25-13-7-5-11-21(25)24(30)15-26-27-16-23-20-10-4-2-8-18(20)14-19-9-3-6-12-22(19)28(23)26;27-22-12-6-4-10-19(22)23(28)14-24-25-15-21-18-9-3-1-7-16(18)13-17-8-2-5-11-20(17)26(21)24;2*17-16-18-10-15-13-7-3-1-5-11(13)9-12-6-2-4-8-14(12)19(15)16;1-6(10)13-8-5-3-2-4-7(8)9(11)12;8-6-4-2-1-3-5(6)7(9)10;;;/h2-13,23H,14-16H2,1H3;1-12,21,27H,13-15H2;2*1-8,15H,9-10H2,(H2,17,18);2-5H,1H3,(H,11,12);1-4,8H,(H,9,10);3*1H4. The van der Waals surface area contributed by atoms with Gasteiger partial charge in [0.05, 0.1) is 74.3 Å². The minimum absolute atomic E-state index is 0. The van der Waals surface area contributed by atoms with Gasteiger partial charge in [-0.15, -0.1) is 0 Å². The number of aromatic hydroxyl groups is 2. The molecule has 0 amide bonds. The Labute approximate surface area is 715 Å². The van der Waals surface area contributed by atoms with Gasteiger partial charge in [-0.1, -0.05) is 241 Å². The second-order valence-corrected chi connectivity index (χ2v) is 29.5. The predicted octanol–water partition coefficient (Wildman–Crippen LogP) is 18.5. The number of amidine groups is 2. The number of aliphatic imine (C=N–C) groups is 4. The van der Waals surface area contributed by atoms with Crippen molar-refractivity contribution in [2.75, 3.05) is 45.8 Å². The number of carbonyl (C=O) groups excluding carboxylic acids is 4. The summed E-state index contributed by atoms with van der Waals surface area (Å²) in [6.45, 7) is 5.29. The monoisotopic (exact) mass is 1640 g/mol. The zero-order valence-corrected chi connectivity index (χ0v) is 65.9. The number of carbonyl (C=O) groups is 6. The predicted molar refractivity (Wildman–Crippen MR) is 485 cm³/mol. The largest absolute Gasteiger partial charge is 0.507 e. The normalized spacial score (nSPS) is 16.0. The zero-order chi connectivity index (χ0) is 83.5. The molecule has 4 atom stereocenters. The number of phenolic OH excluding ortho intramolecular Hbond substituents is 1. The molecule has 22 nitrogen and oxygen atoms in total. The van der Waals surface area contributed by atoms with E-state index in [9.17, 15) is 33.9 Å². The number of guanidine groups is 2. The molecule has 0 spiro atoms. The minimum Gasteiger partial charge on any atom is -0.507 e. The molecule has 624 valence electrons. The first kappa shape index (κ1) is 87.3. The van der Waals surface area contributed by atoms with E-state index in [1.54, 1.807) is 72.8 Å². The number of aromatic carboxylic acids is 2. The summed E-state index contributed by atoms with van der Waals surface area (Å²) >= 11 is 0. The maximum atomic E-state index is 13.2. The summed E-state index contributed by atoms with van der Waals surface area (Å²) in [6, 6.07) is 93.9. The molecule has 0 saturated carbocycles. The molecule has 4 unspecified atom stereocenters. The Hall–Kier alpha value is -15.1. The van der Waals surface area contributed by atoms with Crippen LogP contribution in [0.4, 0.5) is 22.7 Å². The van der Waals surface area contributed by atoms with Gasteiger partial charge in [0.25, 0.3) is 0 Å². The quantitative estimate of drug-likeness (QED) is 0.0421. The summed E-state index contributed by atoms with van der Waals surface area (Å²) in [5, 5.41) is 36.0. The van der Waals surface area contributed by atoms with Crippen molar-refractivity contribution >= 4 is 81.8 Å². The van der Waals surface area contributed by atoms with Crippen LogP contribution in [0.5, 0.6) is 23.0 Å². The first-order valence-corrected chi connectivity index (χ1v) is 39.5. The molecule has 0 aromatic heterocycles. The molecule has 22 heteroatoms. The topological polar surface area (TPSA) is 316 Å². The van der Waals surface area contributed by atoms with Crippen LogP contribution in [0.2, 0.25) is 0 Å². The highest BCUT2D eigenvalue weighted by molar-refractivity contribution is 6.17. The van der Waals surface area contributed by atoms with Crippen molar-refractivity contribution < 1.29 is 58.7 Å². The lowest BCUT2D eigenvalue weighted by Crippen LogP contribution is -2.36. The van der Waals surface area contributed by atoms with Gasteiger partial charge < -0.3 is 61.0 Å². The number of rotatable bonds is 10. The SMILES string of the molecule is C.C.C.CC(=O)Oc1ccccc1C(=O)CC1=NCC2c3ccccc3Cc3ccccc3N12.CC(=O)Oc1ccccc1C(=O)O.NC1=NCC2c3ccccc3Cc3ccccc3N12.NC1=NCC2c3ccccc3Cc3ccccc3N12.O=C(CC1=NCC2c3ccccc3Cc3ccccc3N12)c1ccccc1O.O=C(O)c1ccccc1O. The molecule has 0 saturated heterocycles. The Bertz CT molecular complexity index is 5960. The molecule has 0 radical (unpaired) electrons. The number of Topliss-reactive ketones (excluding diaryl/α,β-unsaturated/α-hetero) is 2. The molecule has 0 aliphatic carbocycles. The number of benzene rings is 12. The Morgan fingerprint density at radius 1 is 0.317 bits per heavy atom. The summed E-state index contributed by atoms with van der Waals surface area (Å²) < 4.78 is 9.93. The van der Waals surface area contributed by atoms with Crippen LogP contribution in [-0.4, -0.2) is 106 Å². The van der Waals surface area contributed by atoms with Crippen molar-refractivity contribution in [2.24, 2.45) is 31.4 Å². The summed E-state index contributed by atoms with van der Waals surface area (Å²) in [5.41, 5.74) is 33.2. The lowest BCUT2D eigenvalue weighted by atomic mass is 9.97. The average molecular weight is 1640 g/mol. The molecule has 8 aliphatic rings. The first-order chi connectivity index (χ1) is 58.3. The van der Waals surface area contributed by atoms with E-state index >= 15 is 0 Å². The van der Waals surface area contributed by atoms with Crippen molar-refractivity contribution in [3.63, 3.8) is 0 Å². The smallest absolute Gasteiger partial charge is 0.339 e. The van der Waals surface area contributed by atoms with Crippen LogP contribution in [0.15, 0.2) is 311 Å². The molecule has 12 aromatic rings. The highest BCUT2D eigenvalue weighted by Crippen LogP contribution is 2.45. The molecule has 8 aliphatic heterocycles. The van der Waals surface area contributed by atoms with Crippen LogP contribution in [0.25, 0.3) is 0 Å². The van der Waals surface area contributed by atoms with Gasteiger partial charge in [0, 0.05) is 36.6 Å². The zero-order valence-electron chi connectivity index (χ0n) is 65.9. The van der Waals surface area contributed by atoms with E-state index in [0.717, 1.165) is 61.8 Å². The highest BCUT2D eigenvalue weighted by Gasteiger charge is 2.40. The van der Waals surface area contributed by atoms with Crippen LogP contribution in [0.3, 0.4) is 0 Å². The van der Waals surface area contributed by atoms with Gasteiger partial charge in [-0.25, -0.2) is 9.59 Å². The van der Waals surface area contributed by atoms with Crippen LogP contribution >= 0.6 is 0 Å². The van der Waals surface area contributed by atoms with Gasteiger partial charge in [0.15, 0.2) is 23.5 Å². The molecular weight excluding hydrogens is 1550 g/mol. The lowest BCUT2D eigenvalue weighted by molar-refractivity contribution is -0.132.